The lowest BCUT2D eigenvalue weighted by molar-refractivity contribution is -0.383. The van der Waals surface area contributed by atoms with Gasteiger partial charge in [0.15, 0.2) is 5.78 Å². The van der Waals surface area contributed by atoms with E-state index < -0.39 is 4.92 Å². The van der Waals surface area contributed by atoms with Gasteiger partial charge in [-0.05, 0) is 49.2 Å². The van der Waals surface area contributed by atoms with Gasteiger partial charge in [-0.2, -0.15) is 0 Å². The summed E-state index contributed by atoms with van der Waals surface area (Å²) >= 11 is 6.35. The molecule has 27 heavy (non-hydrogen) atoms. The number of aryl methyl sites for hydroxylation is 2. The van der Waals surface area contributed by atoms with Crippen molar-refractivity contribution in [3.05, 3.63) is 98.1 Å². The van der Waals surface area contributed by atoms with Crippen molar-refractivity contribution in [1.29, 1.82) is 0 Å². The summed E-state index contributed by atoms with van der Waals surface area (Å²) in [7, 11) is 0. The van der Waals surface area contributed by atoms with Gasteiger partial charge in [0, 0.05) is 22.9 Å². The molecule has 3 aromatic rings. The Kier molecular flexibility index (Phi) is 5.23. The van der Waals surface area contributed by atoms with Crippen molar-refractivity contribution in [2.75, 3.05) is 5.32 Å². The zero-order valence-electron chi connectivity index (χ0n) is 14.8. The lowest BCUT2D eigenvalue weighted by Crippen LogP contribution is -2.07. The van der Waals surface area contributed by atoms with E-state index >= 15 is 0 Å². The molecule has 3 aromatic carbocycles. The summed E-state index contributed by atoms with van der Waals surface area (Å²) in [6.07, 6.45) is 0. The lowest BCUT2D eigenvalue weighted by Gasteiger charge is -2.12. The van der Waals surface area contributed by atoms with Crippen LogP contribution in [0.25, 0.3) is 0 Å². The number of benzene rings is 3. The molecule has 5 nitrogen and oxygen atoms in total. The minimum atomic E-state index is -0.456. The molecule has 0 aliphatic rings. The maximum atomic E-state index is 12.9. The molecule has 1 N–H and O–H groups in total. The van der Waals surface area contributed by atoms with E-state index in [0.717, 1.165) is 11.1 Å². The van der Waals surface area contributed by atoms with E-state index in [2.05, 4.69) is 5.32 Å². The lowest BCUT2D eigenvalue weighted by atomic mass is 9.95. The number of carbonyl (C=O) groups excluding carboxylic acids is 1. The van der Waals surface area contributed by atoms with Crippen molar-refractivity contribution in [2.45, 2.75) is 13.8 Å². The standard InChI is InChI=1S/C21H17ClN2O3/c1-13-6-5-7-14(2)20(13)21(25)16-11-10-15(12-17(16)22)23-18-8-3-4-9-19(18)24(26)27/h3-12,23H,1-2H3. The number of halogens is 1. The van der Waals surface area contributed by atoms with Crippen LogP contribution >= 0.6 is 11.6 Å². The number of rotatable bonds is 5. The van der Waals surface area contributed by atoms with Crippen molar-refractivity contribution in [3.63, 3.8) is 0 Å². The summed E-state index contributed by atoms with van der Waals surface area (Å²) in [5.41, 5.74) is 3.68. The van der Waals surface area contributed by atoms with Crippen LogP contribution in [0.4, 0.5) is 17.1 Å². The SMILES string of the molecule is Cc1cccc(C)c1C(=O)c1ccc(Nc2ccccc2[N+](=O)[O-])cc1Cl. The second-order valence-corrected chi connectivity index (χ2v) is 6.60. The summed E-state index contributed by atoms with van der Waals surface area (Å²) in [6, 6.07) is 16.9. The van der Waals surface area contributed by atoms with Gasteiger partial charge in [-0.3, -0.25) is 14.9 Å². The second kappa shape index (κ2) is 7.60. The Hall–Kier alpha value is -3.18. The van der Waals surface area contributed by atoms with Crippen LogP contribution in [0, 0.1) is 24.0 Å². The third-order valence-electron chi connectivity index (χ3n) is 4.30. The van der Waals surface area contributed by atoms with Crippen LogP contribution in [0.1, 0.15) is 27.0 Å². The smallest absolute Gasteiger partial charge is 0.292 e. The van der Waals surface area contributed by atoms with Crippen molar-refractivity contribution in [2.24, 2.45) is 0 Å². The van der Waals surface area contributed by atoms with E-state index in [1.54, 1.807) is 36.4 Å². The summed E-state index contributed by atoms with van der Waals surface area (Å²) in [5, 5.41) is 14.4. The summed E-state index contributed by atoms with van der Waals surface area (Å²) < 4.78 is 0. The second-order valence-electron chi connectivity index (χ2n) is 6.19. The van der Waals surface area contributed by atoms with Crippen molar-refractivity contribution < 1.29 is 9.72 Å². The monoisotopic (exact) mass is 380 g/mol. The predicted octanol–water partition coefficient (Wildman–Crippen LogP) is 5.84. The number of ketones is 1. The van der Waals surface area contributed by atoms with Crippen LogP contribution in [0.2, 0.25) is 5.02 Å². The molecule has 0 atom stereocenters. The van der Waals surface area contributed by atoms with Crippen molar-refractivity contribution in [3.8, 4) is 0 Å². The number of para-hydroxylation sites is 2. The third-order valence-corrected chi connectivity index (χ3v) is 4.61. The predicted molar refractivity (Wildman–Crippen MR) is 107 cm³/mol. The molecule has 0 bridgehead atoms. The van der Waals surface area contributed by atoms with Crippen molar-refractivity contribution in [1.82, 2.24) is 0 Å². The van der Waals surface area contributed by atoms with Crippen LogP contribution in [-0.4, -0.2) is 10.7 Å². The highest BCUT2D eigenvalue weighted by atomic mass is 35.5. The Labute approximate surface area is 161 Å². The molecule has 0 heterocycles. The van der Waals surface area contributed by atoms with Gasteiger partial charge in [-0.1, -0.05) is 41.9 Å². The molecule has 0 aromatic heterocycles. The summed E-state index contributed by atoms with van der Waals surface area (Å²) in [4.78, 5) is 23.6. The number of nitro benzene ring substituents is 1. The summed E-state index contributed by atoms with van der Waals surface area (Å²) in [6.45, 7) is 3.77. The fraction of sp³-hybridized carbons (Fsp3) is 0.0952. The molecule has 3 rings (SSSR count). The van der Waals surface area contributed by atoms with Gasteiger partial charge in [0.25, 0.3) is 5.69 Å². The van der Waals surface area contributed by atoms with Gasteiger partial charge in [-0.25, -0.2) is 0 Å². The molecule has 0 aliphatic carbocycles. The average Bonchev–Trinajstić information content (AvgIpc) is 2.62. The maximum Gasteiger partial charge on any atom is 0.292 e. The Morgan fingerprint density at radius 2 is 1.67 bits per heavy atom. The van der Waals surface area contributed by atoms with Gasteiger partial charge in [0.2, 0.25) is 0 Å². The molecule has 6 heteroatoms. The number of nitro groups is 1. The fourth-order valence-corrected chi connectivity index (χ4v) is 3.24. The van der Waals surface area contributed by atoms with E-state index in [1.807, 2.05) is 32.0 Å². The molecule has 0 radical (unpaired) electrons. The first-order valence-corrected chi connectivity index (χ1v) is 8.67. The van der Waals surface area contributed by atoms with E-state index in [0.29, 0.717) is 22.5 Å². The minimum Gasteiger partial charge on any atom is -0.350 e. The van der Waals surface area contributed by atoms with Crippen LogP contribution in [0.15, 0.2) is 60.7 Å². The zero-order valence-corrected chi connectivity index (χ0v) is 15.6. The molecule has 0 saturated carbocycles. The number of hydrogen-bond donors (Lipinski definition) is 1. The highest BCUT2D eigenvalue weighted by molar-refractivity contribution is 6.35. The third kappa shape index (κ3) is 3.83. The Bertz CT molecular complexity index is 1030. The van der Waals surface area contributed by atoms with E-state index in [4.69, 9.17) is 11.6 Å². The number of hydrogen-bond acceptors (Lipinski definition) is 4. The first-order valence-electron chi connectivity index (χ1n) is 8.29. The fourth-order valence-electron chi connectivity index (χ4n) is 2.98. The largest absolute Gasteiger partial charge is 0.350 e. The molecular weight excluding hydrogens is 364 g/mol. The number of nitrogens with zero attached hydrogens (tertiary/aromatic N) is 1. The van der Waals surface area contributed by atoms with Gasteiger partial charge in [-0.15, -0.1) is 0 Å². The molecule has 136 valence electrons. The molecule has 0 amide bonds. The number of carbonyl (C=O) groups is 1. The molecule has 0 aliphatic heterocycles. The normalized spacial score (nSPS) is 10.5. The summed E-state index contributed by atoms with van der Waals surface area (Å²) in [5.74, 6) is -0.146. The first kappa shape index (κ1) is 18.6. The Morgan fingerprint density at radius 1 is 1.00 bits per heavy atom. The Balaban J connectivity index is 1.93. The number of nitrogens with one attached hydrogen (secondary N) is 1. The van der Waals surface area contributed by atoms with Gasteiger partial charge < -0.3 is 5.32 Å². The molecular formula is C21H17ClN2O3. The zero-order chi connectivity index (χ0) is 19.6. The average molecular weight is 381 g/mol. The van der Waals surface area contributed by atoms with E-state index in [1.165, 1.54) is 6.07 Å². The molecule has 0 unspecified atom stereocenters. The van der Waals surface area contributed by atoms with E-state index in [9.17, 15) is 14.9 Å². The van der Waals surface area contributed by atoms with Gasteiger partial charge in [0.1, 0.15) is 5.69 Å². The van der Waals surface area contributed by atoms with Crippen molar-refractivity contribution >= 4 is 34.4 Å². The van der Waals surface area contributed by atoms with Crippen LogP contribution < -0.4 is 5.32 Å². The Morgan fingerprint density at radius 3 is 2.30 bits per heavy atom. The molecule has 0 saturated heterocycles. The van der Waals surface area contributed by atoms with Gasteiger partial charge in [0.05, 0.1) is 9.95 Å². The topological polar surface area (TPSA) is 72.2 Å². The minimum absolute atomic E-state index is 0.0377. The van der Waals surface area contributed by atoms with Crippen LogP contribution in [-0.2, 0) is 0 Å². The highest BCUT2D eigenvalue weighted by Crippen LogP contribution is 2.30. The molecule has 0 spiro atoms. The van der Waals surface area contributed by atoms with Crippen LogP contribution in [0.5, 0.6) is 0 Å². The van der Waals surface area contributed by atoms with Gasteiger partial charge >= 0.3 is 0 Å². The first-order chi connectivity index (χ1) is 12.9. The van der Waals surface area contributed by atoms with Crippen LogP contribution in [0.3, 0.4) is 0 Å². The quantitative estimate of drug-likeness (QED) is 0.343. The van der Waals surface area contributed by atoms with E-state index in [-0.39, 0.29) is 16.5 Å². The molecule has 0 fully saturated rings. The maximum absolute atomic E-state index is 12.9. The highest BCUT2D eigenvalue weighted by Gasteiger charge is 2.18. The number of anilines is 2.